The van der Waals surface area contributed by atoms with Gasteiger partial charge in [-0.3, -0.25) is 0 Å². The van der Waals surface area contributed by atoms with Gasteiger partial charge in [-0.1, -0.05) is 136 Å². The number of para-hydroxylation sites is 1. The predicted octanol–water partition coefficient (Wildman–Crippen LogP) is 7.14. The molecule has 0 saturated carbocycles. The summed E-state index contributed by atoms with van der Waals surface area (Å²) in [5, 5.41) is 5.55. The van der Waals surface area contributed by atoms with E-state index in [9.17, 15) is 0 Å². The molecule has 0 saturated heterocycles. The molecule has 0 N–H and O–H groups in total. The van der Waals surface area contributed by atoms with Crippen molar-refractivity contribution in [2.45, 2.75) is 26.6 Å². The van der Waals surface area contributed by atoms with Gasteiger partial charge in [0.1, 0.15) is 12.4 Å². The van der Waals surface area contributed by atoms with Crippen LogP contribution in [0, 0.1) is 13.8 Å². The Morgan fingerprint density at radius 3 is 1.81 bits per heavy atom. The number of ether oxygens (including phenoxy) is 1. The predicted molar refractivity (Wildman–Crippen MR) is 163 cm³/mol. The highest BCUT2D eigenvalue weighted by Crippen LogP contribution is 2.39. The fourth-order valence-corrected chi connectivity index (χ4v) is 8.49. The van der Waals surface area contributed by atoms with E-state index in [1.54, 1.807) is 0 Å². The van der Waals surface area contributed by atoms with Gasteiger partial charge in [-0.15, -0.1) is 0 Å². The van der Waals surface area contributed by atoms with Crippen molar-refractivity contribution in [3.05, 3.63) is 150 Å². The molecule has 184 valence electrons. The molecular formula is C34H32OP2. The Morgan fingerprint density at radius 2 is 1.16 bits per heavy atom. The molecule has 5 aromatic carbocycles. The molecular weight excluding hydrogens is 486 g/mol. The third-order valence-corrected chi connectivity index (χ3v) is 10.6. The summed E-state index contributed by atoms with van der Waals surface area (Å²) in [5.41, 5.74) is 5.16. The first-order valence-corrected chi connectivity index (χ1v) is 15.2. The van der Waals surface area contributed by atoms with E-state index in [0.717, 1.165) is 11.9 Å². The summed E-state index contributed by atoms with van der Waals surface area (Å²) in [7, 11) is 0.0293. The minimum atomic E-state index is -0.508. The molecule has 5 rings (SSSR count). The van der Waals surface area contributed by atoms with Gasteiger partial charge in [-0.2, -0.15) is 0 Å². The summed E-state index contributed by atoms with van der Waals surface area (Å²) in [4.78, 5) is 0. The van der Waals surface area contributed by atoms with Gasteiger partial charge in [0.2, 0.25) is 0 Å². The monoisotopic (exact) mass is 518 g/mol. The second-order valence-electron chi connectivity index (χ2n) is 9.22. The Kier molecular flexibility index (Phi) is 8.47. The SMILES string of the molecule is Cc1cccc(Pc2c(C)cccc2CP(c2ccccc2)c2ccccc2)c1OCc1ccccc1. The minimum absolute atomic E-state index is 0.508. The number of hydrogen-bond acceptors (Lipinski definition) is 1. The van der Waals surface area contributed by atoms with Crippen molar-refractivity contribution in [3.8, 4) is 5.75 Å². The largest absolute Gasteiger partial charge is 0.488 e. The average Bonchev–Trinajstić information content (AvgIpc) is 2.94. The summed E-state index contributed by atoms with van der Waals surface area (Å²) in [6.45, 7) is 4.98. The van der Waals surface area contributed by atoms with Crippen molar-refractivity contribution >= 4 is 37.7 Å². The van der Waals surface area contributed by atoms with Crippen molar-refractivity contribution in [2.75, 3.05) is 0 Å². The standard InChI is InChI=1S/C34H32OP2/c1-26-14-13-23-32(33(26)35-24-28-16-6-3-7-17-28)36-34-27(2)15-12-18-29(34)25-37(30-19-8-4-9-20-30)31-21-10-5-11-22-31/h3-23,36H,24-25H2,1-2H3. The Labute approximate surface area is 224 Å². The molecule has 0 aliphatic rings. The number of benzene rings is 5. The fraction of sp³-hybridized carbons (Fsp3) is 0.118. The van der Waals surface area contributed by atoms with Crippen LogP contribution in [0.2, 0.25) is 0 Å². The molecule has 0 aliphatic heterocycles. The fourth-order valence-electron chi connectivity index (χ4n) is 4.56. The van der Waals surface area contributed by atoms with E-state index in [0.29, 0.717) is 15.2 Å². The normalized spacial score (nSPS) is 11.3. The van der Waals surface area contributed by atoms with E-state index >= 15 is 0 Å². The summed E-state index contributed by atoms with van der Waals surface area (Å²) in [6, 6.07) is 45.8. The maximum Gasteiger partial charge on any atom is 0.130 e. The highest BCUT2D eigenvalue weighted by Gasteiger charge is 2.18. The van der Waals surface area contributed by atoms with Gasteiger partial charge in [-0.05, 0) is 59.9 Å². The highest BCUT2D eigenvalue weighted by molar-refractivity contribution is 7.72. The summed E-state index contributed by atoms with van der Waals surface area (Å²) in [5.74, 6) is 1.02. The van der Waals surface area contributed by atoms with Gasteiger partial charge in [-0.25, -0.2) is 0 Å². The van der Waals surface area contributed by atoms with Crippen molar-refractivity contribution in [2.24, 2.45) is 0 Å². The zero-order valence-corrected chi connectivity index (χ0v) is 23.3. The van der Waals surface area contributed by atoms with Crippen LogP contribution in [0.25, 0.3) is 0 Å². The van der Waals surface area contributed by atoms with Gasteiger partial charge < -0.3 is 4.74 Å². The number of hydrogen-bond donors (Lipinski definition) is 0. The van der Waals surface area contributed by atoms with E-state index in [1.807, 2.05) is 6.07 Å². The molecule has 1 nitrogen and oxygen atoms in total. The molecule has 0 heterocycles. The maximum absolute atomic E-state index is 6.44. The van der Waals surface area contributed by atoms with Crippen LogP contribution >= 0.6 is 16.5 Å². The van der Waals surface area contributed by atoms with E-state index in [-0.39, 0.29) is 0 Å². The summed E-state index contributed by atoms with van der Waals surface area (Å²) >= 11 is 0. The maximum atomic E-state index is 6.44. The van der Waals surface area contributed by atoms with Crippen LogP contribution in [-0.4, -0.2) is 0 Å². The summed E-state index contributed by atoms with van der Waals surface area (Å²) in [6.07, 6.45) is 1.03. The first kappa shape index (κ1) is 25.4. The van der Waals surface area contributed by atoms with Crippen LogP contribution in [0.4, 0.5) is 0 Å². The van der Waals surface area contributed by atoms with Crippen molar-refractivity contribution in [1.29, 1.82) is 0 Å². The minimum Gasteiger partial charge on any atom is -0.488 e. The Balaban J connectivity index is 1.47. The zero-order chi connectivity index (χ0) is 25.5. The molecule has 0 radical (unpaired) electrons. The Morgan fingerprint density at radius 1 is 0.595 bits per heavy atom. The van der Waals surface area contributed by atoms with E-state index < -0.39 is 7.92 Å². The van der Waals surface area contributed by atoms with Crippen molar-refractivity contribution in [3.63, 3.8) is 0 Å². The van der Waals surface area contributed by atoms with Crippen LogP contribution in [0.3, 0.4) is 0 Å². The van der Waals surface area contributed by atoms with Crippen molar-refractivity contribution in [1.82, 2.24) is 0 Å². The van der Waals surface area contributed by atoms with Gasteiger partial charge in [0.25, 0.3) is 0 Å². The third-order valence-electron chi connectivity index (χ3n) is 6.52. The van der Waals surface area contributed by atoms with E-state index in [2.05, 4.69) is 135 Å². The molecule has 1 unspecified atom stereocenters. The van der Waals surface area contributed by atoms with Crippen LogP contribution in [0.5, 0.6) is 5.75 Å². The molecule has 0 bridgehead atoms. The highest BCUT2D eigenvalue weighted by atomic mass is 31.1. The Hall–Kier alpha value is -3.24. The van der Waals surface area contributed by atoms with Gasteiger partial charge in [0, 0.05) is 11.5 Å². The van der Waals surface area contributed by atoms with Crippen LogP contribution < -0.4 is 26.0 Å². The average molecular weight is 519 g/mol. The van der Waals surface area contributed by atoms with Crippen LogP contribution in [0.1, 0.15) is 22.3 Å². The molecule has 37 heavy (non-hydrogen) atoms. The van der Waals surface area contributed by atoms with E-state index in [1.165, 1.54) is 43.5 Å². The lowest BCUT2D eigenvalue weighted by Crippen LogP contribution is -2.18. The first-order chi connectivity index (χ1) is 18.2. The van der Waals surface area contributed by atoms with Crippen LogP contribution in [-0.2, 0) is 12.8 Å². The van der Waals surface area contributed by atoms with Gasteiger partial charge in [0.15, 0.2) is 0 Å². The first-order valence-electron chi connectivity index (χ1n) is 12.7. The topological polar surface area (TPSA) is 9.23 Å². The second-order valence-corrected chi connectivity index (χ2v) is 12.7. The molecule has 0 amide bonds. The van der Waals surface area contributed by atoms with E-state index in [4.69, 9.17) is 4.74 Å². The zero-order valence-electron chi connectivity index (χ0n) is 21.4. The molecule has 0 spiro atoms. The quantitative estimate of drug-likeness (QED) is 0.188. The van der Waals surface area contributed by atoms with Crippen molar-refractivity contribution < 1.29 is 4.74 Å². The third kappa shape index (κ3) is 6.37. The number of rotatable bonds is 9. The summed E-state index contributed by atoms with van der Waals surface area (Å²) < 4.78 is 6.44. The molecule has 1 atom stereocenters. The Bertz CT molecular complexity index is 1390. The van der Waals surface area contributed by atoms with Crippen LogP contribution in [0.15, 0.2) is 127 Å². The molecule has 0 aromatic heterocycles. The van der Waals surface area contributed by atoms with Gasteiger partial charge >= 0.3 is 0 Å². The smallest absolute Gasteiger partial charge is 0.130 e. The lowest BCUT2D eigenvalue weighted by Gasteiger charge is -2.22. The lowest BCUT2D eigenvalue weighted by molar-refractivity contribution is 0.307. The molecule has 3 heteroatoms. The lowest BCUT2D eigenvalue weighted by atomic mass is 10.1. The van der Waals surface area contributed by atoms with Gasteiger partial charge in [0.05, 0.1) is 0 Å². The molecule has 0 fully saturated rings. The number of aryl methyl sites for hydroxylation is 2. The molecule has 0 aliphatic carbocycles. The molecule has 5 aromatic rings. The second kappa shape index (κ2) is 12.3.